The molecule has 1 N–H and O–H groups in total. The normalized spacial score (nSPS) is 14.9. The summed E-state index contributed by atoms with van der Waals surface area (Å²) in [5.41, 5.74) is 0.144. The lowest BCUT2D eigenvalue weighted by Gasteiger charge is -2.27. The van der Waals surface area contributed by atoms with Crippen LogP contribution >= 0.6 is 0 Å². The molecule has 19 heavy (non-hydrogen) atoms. The Bertz CT molecular complexity index is 512. The first-order chi connectivity index (χ1) is 8.55. The third-order valence-corrected chi connectivity index (χ3v) is 4.94. The van der Waals surface area contributed by atoms with Gasteiger partial charge in [0.05, 0.1) is 6.54 Å². The quantitative estimate of drug-likeness (QED) is 0.901. The number of furan rings is 1. The molecule has 1 aromatic rings. The van der Waals surface area contributed by atoms with Crippen molar-refractivity contribution in [2.75, 3.05) is 14.1 Å². The van der Waals surface area contributed by atoms with Gasteiger partial charge in [0.1, 0.15) is 5.76 Å². The minimum atomic E-state index is -3.48. The molecular formula is C13H24N2O3S. The van der Waals surface area contributed by atoms with Gasteiger partial charge in [0, 0.05) is 20.1 Å². The maximum Gasteiger partial charge on any atom is 0.275 e. The van der Waals surface area contributed by atoms with E-state index in [9.17, 15) is 8.42 Å². The van der Waals surface area contributed by atoms with E-state index >= 15 is 0 Å². The molecule has 0 radical (unpaired) electrons. The second-order valence-corrected chi connectivity index (χ2v) is 8.06. The van der Waals surface area contributed by atoms with Crippen LogP contribution in [0.1, 0.15) is 33.5 Å². The summed E-state index contributed by atoms with van der Waals surface area (Å²) in [5.74, 6) is 0.622. The van der Waals surface area contributed by atoms with E-state index in [1.165, 1.54) is 20.2 Å². The average Bonchev–Trinajstić information content (AvgIpc) is 2.73. The fourth-order valence-electron chi connectivity index (χ4n) is 1.33. The summed E-state index contributed by atoms with van der Waals surface area (Å²) in [6.45, 7) is 9.06. The molecule has 5 nitrogen and oxygen atoms in total. The highest BCUT2D eigenvalue weighted by atomic mass is 32.2. The Labute approximate surface area is 116 Å². The zero-order valence-corrected chi connectivity index (χ0v) is 13.3. The summed E-state index contributed by atoms with van der Waals surface area (Å²) >= 11 is 0. The number of sulfonamides is 1. The largest absolute Gasteiger partial charge is 0.447 e. The van der Waals surface area contributed by atoms with E-state index in [1.54, 1.807) is 6.07 Å². The summed E-state index contributed by atoms with van der Waals surface area (Å²) in [4.78, 5) is 0. The molecule has 0 aliphatic rings. The highest BCUT2D eigenvalue weighted by Gasteiger charge is 2.23. The van der Waals surface area contributed by atoms with E-state index in [-0.39, 0.29) is 10.5 Å². The number of hydrogen-bond acceptors (Lipinski definition) is 4. The zero-order chi connectivity index (χ0) is 14.8. The Morgan fingerprint density at radius 1 is 1.32 bits per heavy atom. The molecule has 0 amide bonds. The van der Waals surface area contributed by atoms with Gasteiger partial charge in [-0.15, -0.1) is 0 Å². The Hall–Kier alpha value is -0.850. The molecule has 0 bridgehead atoms. The molecule has 0 saturated heterocycles. The highest BCUT2D eigenvalue weighted by molar-refractivity contribution is 7.88. The fourth-order valence-corrected chi connectivity index (χ4v) is 2.14. The molecule has 0 fully saturated rings. The molecule has 1 aromatic heterocycles. The first-order valence-corrected chi connectivity index (χ1v) is 7.74. The number of nitrogens with one attached hydrogen (secondary N) is 1. The lowest BCUT2D eigenvalue weighted by molar-refractivity contribution is 0.274. The number of rotatable bonds is 5. The summed E-state index contributed by atoms with van der Waals surface area (Å²) in [7, 11) is -0.517. The molecule has 0 aliphatic carbocycles. The minimum Gasteiger partial charge on any atom is -0.447 e. The summed E-state index contributed by atoms with van der Waals surface area (Å²) in [6, 6.07) is 3.49. The van der Waals surface area contributed by atoms with Crippen molar-refractivity contribution >= 4 is 10.0 Å². The predicted molar refractivity (Wildman–Crippen MR) is 75.3 cm³/mol. The van der Waals surface area contributed by atoms with Crippen molar-refractivity contribution < 1.29 is 12.8 Å². The van der Waals surface area contributed by atoms with Crippen molar-refractivity contribution in [1.29, 1.82) is 0 Å². The van der Waals surface area contributed by atoms with Crippen LogP contribution in [-0.4, -0.2) is 32.9 Å². The first-order valence-electron chi connectivity index (χ1n) is 6.30. The van der Waals surface area contributed by atoms with Crippen LogP contribution in [0, 0.1) is 5.41 Å². The van der Waals surface area contributed by atoms with Gasteiger partial charge in [-0.1, -0.05) is 20.8 Å². The van der Waals surface area contributed by atoms with Gasteiger partial charge in [0.15, 0.2) is 0 Å². The van der Waals surface area contributed by atoms with E-state index in [4.69, 9.17) is 4.42 Å². The lowest BCUT2D eigenvalue weighted by atomic mass is 9.88. The van der Waals surface area contributed by atoms with Crippen LogP contribution in [0.3, 0.4) is 0 Å². The molecule has 110 valence electrons. The van der Waals surface area contributed by atoms with Gasteiger partial charge in [-0.3, -0.25) is 0 Å². The van der Waals surface area contributed by atoms with Gasteiger partial charge in [-0.2, -0.15) is 0 Å². The SMILES string of the molecule is CC(NCc1ccc(S(=O)(=O)N(C)C)o1)C(C)(C)C. The summed E-state index contributed by atoms with van der Waals surface area (Å²) in [5, 5.41) is 3.31. The van der Waals surface area contributed by atoms with Crippen molar-refractivity contribution in [3.05, 3.63) is 17.9 Å². The Morgan fingerprint density at radius 2 is 1.89 bits per heavy atom. The molecule has 1 atom stereocenters. The van der Waals surface area contributed by atoms with Crippen molar-refractivity contribution in [1.82, 2.24) is 9.62 Å². The molecule has 1 rings (SSSR count). The molecule has 0 aromatic carbocycles. The molecule has 1 unspecified atom stereocenters. The van der Waals surface area contributed by atoms with Crippen LogP contribution in [0.2, 0.25) is 0 Å². The standard InChI is InChI=1S/C13H24N2O3S/c1-10(13(2,3)4)14-9-11-7-8-12(18-11)19(16,17)15(5)6/h7-8,10,14H,9H2,1-6H3. The van der Waals surface area contributed by atoms with Gasteiger partial charge in [0.2, 0.25) is 5.09 Å². The van der Waals surface area contributed by atoms with Crippen LogP contribution in [0.5, 0.6) is 0 Å². The van der Waals surface area contributed by atoms with E-state index in [0.29, 0.717) is 18.3 Å². The molecule has 6 heteroatoms. The highest BCUT2D eigenvalue weighted by Crippen LogP contribution is 2.20. The number of hydrogen-bond donors (Lipinski definition) is 1. The van der Waals surface area contributed by atoms with Crippen molar-refractivity contribution in [3.63, 3.8) is 0 Å². The molecule has 0 aliphatic heterocycles. The zero-order valence-electron chi connectivity index (χ0n) is 12.5. The van der Waals surface area contributed by atoms with Crippen LogP contribution in [0.4, 0.5) is 0 Å². The first kappa shape index (κ1) is 16.2. The second kappa shape index (κ2) is 5.64. The van der Waals surface area contributed by atoms with E-state index in [0.717, 1.165) is 4.31 Å². The van der Waals surface area contributed by atoms with Gasteiger partial charge in [0.25, 0.3) is 10.0 Å². The van der Waals surface area contributed by atoms with E-state index in [2.05, 4.69) is 33.0 Å². The number of nitrogens with zero attached hydrogens (tertiary/aromatic N) is 1. The van der Waals surface area contributed by atoms with Gasteiger partial charge < -0.3 is 9.73 Å². The second-order valence-electron chi connectivity index (χ2n) is 5.98. The monoisotopic (exact) mass is 288 g/mol. The van der Waals surface area contributed by atoms with Crippen molar-refractivity contribution in [3.8, 4) is 0 Å². The van der Waals surface area contributed by atoms with Crippen LogP contribution in [-0.2, 0) is 16.6 Å². The molecule has 1 heterocycles. The van der Waals surface area contributed by atoms with Crippen molar-refractivity contribution in [2.24, 2.45) is 5.41 Å². The van der Waals surface area contributed by atoms with Crippen LogP contribution in [0.15, 0.2) is 21.6 Å². The van der Waals surface area contributed by atoms with Gasteiger partial charge in [-0.05, 0) is 24.5 Å². The summed E-state index contributed by atoms with van der Waals surface area (Å²) < 4.78 is 30.2. The third kappa shape index (κ3) is 4.06. The Kier molecular flexibility index (Phi) is 4.81. The lowest BCUT2D eigenvalue weighted by Crippen LogP contribution is -2.37. The van der Waals surface area contributed by atoms with E-state index in [1.807, 2.05) is 0 Å². The fraction of sp³-hybridized carbons (Fsp3) is 0.692. The summed E-state index contributed by atoms with van der Waals surface area (Å²) in [6.07, 6.45) is 0. The van der Waals surface area contributed by atoms with Gasteiger partial charge >= 0.3 is 0 Å². The smallest absolute Gasteiger partial charge is 0.275 e. The van der Waals surface area contributed by atoms with E-state index < -0.39 is 10.0 Å². The Morgan fingerprint density at radius 3 is 2.37 bits per heavy atom. The van der Waals surface area contributed by atoms with Gasteiger partial charge in [-0.25, -0.2) is 12.7 Å². The molecular weight excluding hydrogens is 264 g/mol. The Balaban J connectivity index is 2.72. The topological polar surface area (TPSA) is 62.6 Å². The predicted octanol–water partition coefficient (Wildman–Crippen LogP) is 2.05. The van der Waals surface area contributed by atoms with Crippen LogP contribution in [0.25, 0.3) is 0 Å². The maximum atomic E-state index is 11.9. The van der Waals surface area contributed by atoms with Crippen LogP contribution < -0.4 is 5.32 Å². The van der Waals surface area contributed by atoms with Crippen molar-refractivity contribution in [2.45, 2.75) is 45.4 Å². The molecule has 0 spiro atoms. The third-order valence-electron chi connectivity index (χ3n) is 3.25. The maximum absolute atomic E-state index is 11.9. The minimum absolute atomic E-state index is 0.0160. The average molecular weight is 288 g/mol. The molecule has 0 saturated carbocycles.